The molecule has 0 aliphatic carbocycles. The molecule has 1 unspecified atom stereocenters. The molecular weight excluding hydrogens is 783 g/mol. The molecule has 0 saturated heterocycles. The minimum atomic E-state index is 0.0153. The topological polar surface area (TPSA) is 88.2 Å². The van der Waals surface area contributed by atoms with Crippen LogP contribution in [0.4, 0.5) is 0 Å². The van der Waals surface area contributed by atoms with Crippen LogP contribution in [-0.2, 0) is 23.9 Å². The second-order valence-electron chi connectivity index (χ2n) is 19.5. The van der Waals surface area contributed by atoms with Gasteiger partial charge >= 0.3 is 11.9 Å². The average molecular weight is 892 g/mol. The van der Waals surface area contributed by atoms with E-state index < -0.39 is 0 Å². The molecule has 0 aliphatic heterocycles. The van der Waals surface area contributed by atoms with E-state index in [-0.39, 0.29) is 29.9 Å². The van der Waals surface area contributed by atoms with Crippen LogP contribution < -0.4 is 5.32 Å². The molecule has 0 aromatic carbocycles. The summed E-state index contributed by atoms with van der Waals surface area (Å²) in [4.78, 5) is 43.0. The Labute approximate surface area is 392 Å². The van der Waals surface area contributed by atoms with Crippen molar-refractivity contribution in [3.63, 3.8) is 0 Å². The van der Waals surface area contributed by atoms with Crippen LogP contribution in [0.15, 0.2) is 0 Å². The van der Waals surface area contributed by atoms with Gasteiger partial charge in [0.15, 0.2) is 0 Å². The molecule has 8 nitrogen and oxygen atoms in total. The van der Waals surface area contributed by atoms with Gasteiger partial charge in [0.1, 0.15) is 6.10 Å². The van der Waals surface area contributed by atoms with Gasteiger partial charge in [-0.25, -0.2) is 0 Å². The fraction of sp³-hybridized carbons (Fsp3) is 0.945. The summed E-state index contributed by atoms with van der Waals surface area (Å²) in [5.74, 6) is 0.331. The van der Waals surface area contributed by atoms with Crippen molar-refractivity contribution < 1.29 is 23.9 Å². The maximum atomic E-state index is 13.0. The molecule has 0 fully saturated rings. The van der Waals surface area contributed by atoms with Crippen molar-refractivity contribution in [1.29, 1.82) is 0 Å². The van der Waals surface area contributed by atoms with Crippen LogP contribution in [0.5, 0.6) is 0 Å². The first kappa shape index (κ1) is 61.3. The van der Waals surface area contributed by atoms with E-state index in [4.69, 9.17) is 9.47 Å². The lowest BCUT2D eigenvalue weighted by atomic mass is 9.94. The largest absolute Gasteiger partial charge is 0.465 e. The van der Waals surface area contributed by atoms with Crippen LogP contribution >= 0.6 is 0 Å². The second-order valence-corrected chi connectivity index (χ2v) is 19.5. The number of esters is 2. The van der Waals surface area contributed by atoms with E-state index in [1.807, 2.05) is 0 Å². The van der Waals surface area contributed by atoms with Gasteiger partial charge in [-0.3, -0.25) is 14.4 Å². The van der Waals surface area contributed by atoms with Gasteiger partial charge in [-0.2, -0.15) is 0 Å². The van der Waals surface area contributed by atoms with Crippen LogP contribution in [0, 0.1) is 5.92 Å². The Kier molecular flexibility index (Phi) is 47.0. The minimum Gasteiger partial charge on any atom is -0.465 e. The zero-order chi connectivity index (χ0) is 46.3. The summed E-state index contributed by atoms with van der Waals surface area (Å²) >= 11 is 0. The van der Waals surface area contributed by atoms with E-state index in [1.54, 1.807) is 0 Å². The highest BCUT2D eigenvalue weighted by atomic mass is 16.5. The molecule has 1 N–H and O–H groups in total. The van der Waals surface area contributed by atoms with Crippen LogP contribution in [0.3, 0.4) is 0 Å². The van der Waals surface area contributed by atoms with Gasteiger partial charge in [0.25, 0.3) is 0 Å². The zero-order valence-corrected chi connectivity index (χ0v) is 43.2. The van der Waals surface area contributed by atoms with Crippen molar-refractivity contribution in [2.24, 2.45) is 5.92 Å². The lowest BCUT2D eigenvalue weighted by molar-refractivity contribution is -0.150. The number of hydrogen-bond donors (Lipinski definition) is 1. The predicted molar refractivity (Wildman–Crippen MR) is 270 cm³/mol. The number of nitrogens with zero attached hydrogens (tertiary/aromatic N) is 2. The smallest absolute Gasteiger partial charge is 0.308 e. The summed E-state index contributed by atoms with van der Waals surface area (Å²) in [7, 11) is 4.14. The number of ether oxygens (including phenoxy) is 2. The molecule has 1 atom stereocenters. The highest BCUT2D eigenvalue weighted by Gasteiger charge is 2.19. The summed E-state index contributed by atoms with van der Waals surface area (Å²) < 4.78 is 11.8. The van der Waals surface area contributed by atoms with E-state index in [9.17, 15) is 14.4 Å². The Morgan fingerprint density at radius 2 is 0.873 bits per heavy atom. The Morgan fingerprint density at radius 1 is 0.444 bits per heavy atom. The number of unbranched alkanes of at least 4 members (excludes halogenated alkanes) is 25. The SMILES string of the molecule is CCCCCCCCC(CCCCCC)C(=O)OCCCCCCCCN(CCCCCCCCCC(=O)OC(CCCCCC)CCCCCC)CCC(=O)NCCCN(C)C. The van der Waals surface area contributed by atoms with E-state index in [0.717, 1.165) is 103 Å². The molecule has 374 valence electrons. The van der Waals surface area contributed by atoms with Crippen molar-refractivity contribution in [3.05, 3.63) is 0 Å². The van der Waals surface area contributed by atoms with Crippen LogP contribution in [0.1, 0.15) is 272 Å². The molecule has 0 aromatic rings. The molecule has 0 aromatic heterocycles. The number of carbonyl (C=O) groups is 3. The standard InChI is InChI=1S/C55H109N3O5/c1-7-11-15-19-25-31-40-51(39-30-16-12-8-2)55(61)62-50-37-29-24-23-28-36-48-58(49-44-53(59)56-45-38-46-57(5)6)47-35-27-22-20-21-26-34-43-54(60)63-52(41-32-17-13-9-3)42-33-18-14-10-4/h51-52H,7-50H2,1-6H3,(H,56,59). The molecule has 0 radical (unpaired) electrons. The first-order valence-electron chi connectivity index (χ1n) is 27.8. The Bertz CT molecular complexity index is 981. The monoisotopic (exact) mass is 892 g/mol. The third-order valence-corrected chi connectivity index (χ3v) is 12.9. The molecule has 0 aliphatic rings. The van der Waals surface area contributed by atoms with E-state index >= 15 is 0 Å². The van der Waals surface area contributed by atoms with Crippen LogP contribution in [0.2, 0.25) is 0 Å². The highest BCUT2D eigenvalue weighted by Crippen LogP contribution is 2.21. The molecule has 0 bridgehead atoms. The maximum Gasteiger partial charge on any atom is 0.308 e. The second kappa shape index (κ2) is 48.3. The number of hydrogen-bond acceptors (Lipinski definition) is 7. The first-order valence-corrected chi connectivity index (χ1v) is 27.8. The number of nitrogens with one attached hydrogen (secondary N) is 1. The lowest BCUT2D eigenvalue weighted by Gasteiger charge is -2.22. The third kappa shape index (κ3) is 44.0. The van der Waals surface area contributed by atoms with Gasteiger partial charge in [-0.1, -0.05) is 188 Å². The quantitative estimate of drug-likeness (QED) is 0.0481. The summed E-state index contributed by atoms with van der Waals surface area (Å²) in [5, 5.41) is 3.13. The molecule has 0 saturated carbocycles. The summed E-state index contributed by atoms with van der Waals surface area (Å²) in [6, 6.07) is 0. The van der Waals surface area contributed by atoms with Crippen molar-refractivity contribution in [3.8, 4) is 0 Å². The maximum absolute atomic E-state index is 13.0. The van der Waals surface area contributed by atoms with Crippen molar-refractivity contribution >= 4 is 17.8 Å². The summed E-state index contributed by atoms with van der Waals surface area (Å²) in [5.41, 5.74) is 0. The molecule has 0 spiro atoms. The van der Waals surface area contributed by atoms with Crippen molar-refractivity contribution in [2.45, 2.75) is 278 Å². The molecule has 63 heavy (non-hydrogen) atoms. The average Bonchev–Trinajstić information content (AvgIpc) is 3.27. The normalized spacial score (nSPS) is 12.1. The van der Waals surface area contributed by atoms with Gasteiger partial charge < -0.3 is 24.6 Å². The van der Waals surface area contributed by atoms with E-state index in [0.29, 0.717) is 19.4 Å². The van der Waals surface area contributed by atoms with Gasteiger partial charge in [0, 0.05) is 25.9 Å². The Morgan fingerprint density at radius 3 is 1.38 bits per heavy atom. The Balaban J connectivity index is 4.50. The van der Waals surface area contributed by atoms with E-state index in [1.165, 1.54) is 161 Å². The van der Waals surface area contributed by atoms with Crippen LogP contribution in [0.25, 0.3) is 0 Å². The predicted octanol–water partition coefficient (Wildman–Crippen LogP) is 14.9. The summed E-state index contributed by atoms with van der Waals surface area (Å²) in [6.07, 6.45) is 43.5. The van der Waals surface area contributed by atoms with E-state index in [2.05, 4.69) is 56.9 Å². The third-order valence-electron chi connectivity index (χ3n) is 12.9. The number of carbonyl (C=O) groups excluding carboxylic acids is 3. The van der Waals surface area contributed by atoms with Gasteiger partial charge in [-0.05, 0) is 104 Å². The molecular formula is C55H109N3O5. The fourth-order valence-corrected chi connectivity index (χ4v) is 8.70. The van der Waals surface area contributed by atoms with Crippen LogP contribution in [-0.4, -0.2) is 87.2 Å². The van der Waals surface area contributed by atoms with Gasteiger partial charge in [-0.15, -0.1) is 0 Å². The Hall–Kier alpha value is -1.67. The van der Waals surface area contributed by atoms with Crippen molar-refractivity contribution in [1.82, 2.24) is 15.1 Å². The molecule has 0 rings (SSSR count). The highest BCUT2D eigenvalue weighted by molar-refractivity contribution is 5.76. The molecule has 0 heterocycles. The fourth-order valence-electron chi connectivity index (χ4n) is 8.70. The number of amides is 1. The minimum absolute atomic E-state index is 0.0153. The number of rotatable bonds is 50. The summed E-state index contributed by atoms with van der Waals surface area (Å²) in [6.45, 7) is 14.2. The van der Waals surface area contributed by atoms with Crippen molar-refractivity contribution in [2.75, 3.05) is 53.4 Å². The zero-order valence-electron chi connectivity index (χ0n) is 43.2. The first-order chi connectivity index (χ1) is 30.8. The molecule has 1 amide bonds. The molecule has 8 heteroatoms. The lowest BCUT2D eigenvalue weighted by Crippen LogP contribution is -2.33. The van der Waals surface area contributed by atoms with Gasteiger partial charge in [0.05, 0.1) is 12.5 Å². The van der Waals surface area contributed by atoms with Gasteiger partial charge in [0.2, 0.25) is 5.91 Å².